The van der Waals surface area contributed by atoms with Crippen LogP contribution in [0.4, 0.5) is 0 Å². The Bertz CT molecular complexity index is 554. The van der Waals surface area contributed by atoms with Gasteiger partial charge in [-0.25, -0.2) is 0 Å². The summed E-state index contributed by atoms with van der Waals surface area (Å²) in [4.78, 5) is 11.5. The maximum Gasteiger partial charge on any atom is 0.221 e. The van der Waals surface area contributed by atoms with E-state index in [0.29, 0.717) is 13.0 Å². The monoisotopic (exact) mass is 308 g/mol. The van der Waals surface area contributed by atoms with Crippen LogP contribution in [-0.4, -0.2) is 21.7 Å². The number of benzene rings is 1. The first-order chi connectivity index (χ1) is 9.63. The van der Waals surface area contributed by atoms with Crippen molar-refractivity contribution in [3.63, 3.8) is 0 Å². The minimum Gasteiger partial charge on any atom is -0.352 e. The number of hydrogen-bond donors (Lipinski definition) is 2. The van der Waals surface area contributed by atoms with Crippen LogP contribution in [0.2, 0.25) is 0 Å². The van der Waals surface area contributed by atoms with Crippen LogP contribution in [0.5, 0.6) is 0 Å². The van der Waals surface area contributed by atoms with E-state index in [2.05, 4.69) is 22.5 Å². The zero-order chi connectivity index (χ0) is 14.4. The maximum absolute atomic E-state index is 11.5. The molecule has 2 aromatic rings. The molecule has 0 bridgehead atoms. The Morgan fingerprint density at radius 2 is 2.05 bits per heavy atom. The summed E-state index contributed by atoms with van der Waals surface area (Å²) in [5, 5.41) is 7.13. The third-order valence-corrected chi connectivity index (χ3v) is 2.87. The van der Waals surface area contributed by atoms with Gasteiger partial charge in [-0.3, -0.25) is 9.48 Å². The van der Waals surface area contributed by atoms with Crippen LogP contribution in [0.3, 0.4) is 0 Å². The van der Waals surface area contributed by atoms with Crippen molar-refractivity contribution in [2.24, 2.45) is 5.73 Å². The molecule has 1 amide bonds. The lowest BCUT2D eigenvalue weighted by molar-refractivity contribution is -0.121. The van der Waals surface area contributed by atoms with E-state index in [-0.39, 0.29) is 24.4 Å². The van der Waals surface area contributed by atoms with Gasteiger partial charge < -0.3 is 11.1 Å². The number of aromatic nitrogens is 2. The Morgan fingerprint density at radius 3 is 2.71 bits per heavy atom. The minimum atomic E-state index is -0.115. The van der Waals surface area contributed by atoms with Crippen LogP contribution >= 0.6 is 12.4 Å². The molecule has 0 radical (unpaired) electrons. The van der Waals surface area contributed by atoms with Crippen molar-refractivity contribution in [2.75, 3.05) is 0 Å². The first-order valence-corrected chi connectivity index (χ1v) is 6.71. The lowest BCUT2D eigenvalue weighted by Crippen LogP contribution is -2.29. The molecule has 0 aliphatic carbocycles. The molecular weight excluding hydrogens is 288 g/mol. The fraction of sp³-hybridized carbons (Fsp3) is 0.333. The SMILES string of the molecule is CC(N)CC(=O)NCc1cnn(Cc2ccccc2)c1.Cl. The molecule has 0 saturated carbocycles. The molecule has 3 N–H and O–H groups in total. The Balaban J connectivity index is 0.00000220. The highest BCUT2D eigenvalue weighted by molar-refractivity contribution is 5.85. The predicted molar refractivity (Wildman–Crippen MR) is 85.1 cm³/mol. The largest absolute Gasteiger partial charge is 0.352 e. The van der Waals surface area contributed by atoms with Gasteiger partial charge in [0, 0.05) is 30.8 Å². The van der Waals surface area contributed by atoms with Gasteiger partial charge in [0.15, 0.2) is 0 Å². The second-order valence-corrected chi connectivity index (χ2v) is 4.99. The van der Waals surface area contributed by atoms with Gasteiger partial charge in [0.05, 0.1) is 12.7 Å². The van der Waals surface area contributed by atoms with Gasteiger partial charge in [0.1, 0.15) is 0 Å². The van der Waals surface area contributed by atoms with Gasteiger partial charge in [0.2, 0.25) is 5.91 Å². The summed E-state index contributed by atoms with van der Waals surface area (Å²) < 4.78 is 1.86. The zero-order valence-electron chi connectivity index (χ0n) is 12.0. The molecule has 21 heavy (non-hydrogen) atoms. The molecule has 0 aliphatic heterocycles. The second-order valence-electron chi connectivity index (χ2n) is 4.99. The van der Waals surface area contributed by atoms with E-state index in [9.17, 15) is 4.79 Å². The smallest absolute Gasteiger partial charge is 0.221 e. The summed E-state index contributed by atoms with van der Waals surface area (Å²) in [6, 6.07) is 10.0. The minimum absolute atomic E-state index is 0. The molecule has 1 atom stereocenters. The zero-order valence-corrected chi connectivity index (χ0v) is 12.8. The van der Waals surface area contributed by atoms with Crippen LogP contribution in [-0.2, 0) is 17.9 Å². The lowest BCUT2D eigenvalue weighted by atomic mass is 10.2. The molecule has 6 heteroatoms. The Hall–Kier alpha value is -1.85. The molecule has 1 heterocycles. The third kappa shape index (κ3) is 5.97. The number of halogens is 1. The maximum atomic E-state index is 11.5. The number of carbonyl (C=O) groups is 1. The first-order valence-electron chi connectivity index (χ1n) is 6.71. The molecule has 0 fully saturated rings. The number of nitrogens with zero attached hydrogens (tertiary/aromatic N) is 2. The molecule has 0 spiro atoms. The van der Waals surface area contributed by atoms with Gasteiger partial charge in [-0.05, 0) is 12.5 Å². The van der Waals surface area contributed by atoms with E-state index >= 15 is 0 Å². The van der Waals surface area contributed by atoms with Crippen LogP contribution in [0.25, 0.3) is 0 Å². The van der Waals surface area contributed by atoms with Crippen LogP contribution in [0.1, 0.15) is 24.5 Å². The average Bonchev–Trinajstić information content (AvgIpc) is 2.84. The molecule has 5 nitrogen and oxygen atoms in total. The van der Waals surface area contributed by atoms with Gasteiger partial charge in [-0.2, -0.15) is 5.10 Å². The average molecular weight is 309 g/mol. The Kier molecular flexibility index (Phi) is 6.91. The second kappa shape index (κ2) is 8.44. The van der Waals surface area contributed by atoms with E-state index in [4.69, 9.17) is 5.73 Å². The fourth-order valence-electron chi connectivity index (χ4n) is 1.92. The van der Waals surface area contributed by atoms with Crippen molar-refractivity contribution in [1.29, 1.82) is 0 Å². The van der Waals surface area contributed by atoms with Crippen molar-refractivity contribution in [3.05, 3.63) is 53.9 Å². The molecule has 2 rings (SSSR count). The molecular formula is C15H21ClN4O. The summed E-state index contributed by atoms with van der Waals surface area (Å²) >= 11 is 0. The fourth-order valence-corrected chi connectivity index (χ4v) is 1.92. The summed E-state index contributed by atoms with van der Waals surface area (Å²) in [5.41, 5.74) is 7.76. The summed E-state index contributed by atoms with van der Waals surface area (Å²) in [7, 11) is 0. The van der Waals surface area contributed by atoms with E-state index < -0.39 is 0 Å². The predicted octanol–water partition coefficient (Wildman–Crippen LogP) is 1.71. The number of amides is 1. The van der Waals surface area contributed by atoms with Crippen LogP contribution < -0.4 is 11.1 Å². The third-order valence-electron chi connectivity index (χ3n) is 2.87. The quantitative estimate of drug-likeness (QED) is 0.853. The molecule has 0 saturated heterocycles. The number of hydrogen-bond acceptors (Lipinski definition) is 3. The molecule has 1 aromatic carbocycles. The number of nitrogens with two attached hydrogens (primary N) is 1. The first kappa shape index (κ1) is 17.2. The topological polar surface area (TPSA) is 72.9 Å². The van der Waals surface area contributed by atoms with E-state index in [1.54, 1.807) is 6.20 Å². The molecule has 114 valence electrons. The number of nitrogens with one attached hydrogen (secondary N) is 1. The van der Waals surface area contributed by atoms with Crippen molar-refractivity contribution >= 4 is 18.3 Å². The highest BCUT2D eigenvalue weighted by Gasteiger charge is 2.05. The molecule has 1 unspecified atom stereocenters. The Labute approximate surface area is 130 Å². The number of rotatable bonds is 6. The van der Waals surface area contributed by atoms with Gasteiger partial charge in [0.25, 0.3) is 0 Å². The summed E-state index contributed by atoms with van der Waals surface area (Å²) in [5.74, 6) is -0.0317. The van der Waals surface area contributed by atoms with E-state index in [0.717, 1.165) is 12.1 Å². The normalized spacial score (nSPS) is 11.5. The lowest BCUT2D eigenvalue weighted by Gasteiger charge is -2.05. The molecule has 1 aromatic heterocycles. The van der Waals surface area contributed by atoms with Gasteiger partial charge in [-0.15, -0.1) is 12.4 Å². The van der Waals surface area contributed by atoms with Crippen molar-refractivity contribution in [1.82, 2.24) is 15.1 Å². The Morgan fingerprint density at radius 1 is 1.33 bits per heavy atom. The highest BCUT2D eigenvalue weighted by atomic mass is 35.5. The highest BCUT2D eigenvalue weighted by Crippen LogP contribution is 2.04. The van der Waals surface area contributed by atoms with Crippen molar-refractivity contribution in [2.45, 2.75) is 32.5 Å². The van der Waals surface area contributed by atoms with E-state index in [1.807, 2.05) is 36.0 Å². The molecule has 0 aliphatic rings. The van der Waals surface area contributed by atoms with Crippen molar-refractivity contribution < 1.29 is 4.79 Å². The standard InChI is InChI=1S/C15H20N4O.ClH/c1-12(16)7-15(20)17-8-14-9-18-19(11-14)10-13-5-3-2-4-6-13;/h2-6,9,11-12H,7-8,10,16H2,1H3,(H,17,20);1H. The van der Waals surface area contributed by atoms with Crippen molar-refractivity contribution in [3.8, 4) is 0 Å². The summed E-state index contributed by atoms with van der Waals surface area (Å²) in [6.07, 6.45) is 4.06. The van der Waals surface area contributed by atoms with Gasteiger partial charge in [-0.1, -0.05) is 30.3 Å². The summed E-state index contributed by atoms with van der Waals surface area (Å²) in [6.45, 7) is 3.03. The van der Waals surface area contributed by atoms with Crippen LogP contribution in [0.15, 0.2) is 42.7 Å². The van der Waals surface area contributed by atoms with Gasteiger partial charge >= 0.3 is 0 Å². The number of carbonyl (C=O) groups excluding carboxylic acids is 1. The van der Waals surface area contributed by atoms with E-state index in [1.165, 1.54) is 5.56 Å². The van der Waals surface area contributed by atoms with Crippen LogP contribution in [0, 0.1) is 0 Å².